The zero-order valence-electron chi connectivity index (χ0n) is 14.6. The van der Waals surface area contributed by atoms with E-state index in [1.807, 2.05) is 6.92 Å². The molecule has 1 saturated carbocycles. The van der Waals surface area contributed by atoms with Crippen molar-refractivity contribution in [1.29, 1.82) is 0 Å². The number of Topliss-reactive ketones (excluding diaryl/α,β-unsaturated/α-hetero) is 1. The van der Waals surface area contributed by atoms with Gasteiger partial charge in [0, 0.05) is 24.6 Å². The van der Waals surface area contributed by atoms with Gasteiger partial charge in [-0.15, -0.1) is 0 Å². The van der Waals surface area contributed by atoms with Gasteiger partial charge in [-0.1, -0.05) is 36.3 Å². The van der Waals surface area contributed by atoms with Crippen LogP contribution in [0.3, 0.4) is 0 Å². The molecule has 1 aliphatic rings. The van der Waals surface area contributed by atoms with Crippen LogP contribution in [-0.2, 0) is 22.3 Å². The van der Waals surface area contributed by atoms with Crippen LogP contribution in [-0.4, -0.2) is 32.8 Å². The van der Waals surface area contributed by atoms with Crippen molar-refractivity contribution in [3.8, 4) is 11.4 Å². The highest BCUT2D eigenvalue weighted by molar-refractivity contribution is 6.36. The van der Waals surface area contributed by atoms with E-state index in [0.29, 0.717) is 12.0 Å². The number of rotatable bonds is 7. The molecule has 1 aromatic heterocycles. The molecular formula is C18H18F3N3O3. The normalized spacial score (nSPS) is 14.2. The van der Waals surface area contributed by atoms with Crippen molar-refractivity contribution in [2.24, 2.45) is 0 Å². The minimum atomic E-state index is -4.69. The summed E-state index contributed by atoms with van der Waals surface area (Å²) in [6.45, 7) is 2.12. The third kappa shape index (κ3) is 4.53. The van der Waals surface area contributed by atoms with Crippen molar-refractivity contribution in [3.63, 3.8) is 0 Å². The summed E-state index contributed by atoms with van der Waals surface area (Å²) in [5, 5.41) is 3.34. The standard InChI is InChI=1S/C18H18F3N3O3/c1-2-3-14(25)16(26)24(13-8-9-13)10-11-4-6-12(7-5-11)15-22-17(27-23-15)18(19,20)21/h4-7,13H,2-3,8-10H2,1H3. The minimum absolute atomic E-state index is 0.0736. The van der Waals surface area contributed by atoms with Crippen LogP contribution in [0.15, 0.2) is 28.8 Å². The first-order valence-corrected chi connectivity index (χ1v) is 8.63. The van der Waals surface area contributed by atoms with E-state index in [1.165, 1.54) is 0 Å². The van der Waals surface area contributed by atoms with Gasteiger partial charge in [0.2, 0.25) is 11.6 Å². The lowest BCUT2D eigenvalue weighted by molar-refractivity contribution is -0.159. The maximum Gasteiger partial charge on any atom is 0.471 e. The molecule has 0 atom stereocenters. The number of aromatic nitrogens is 2. The fraction of sp³-hybridized carbons (Fsp3) is 0.444. The van der Waals surface area contributed by atoms with E-state index >= 15 is 0 Å². The quantitative estimate of drug-likeness (QED) is 0.685. The van der Waals surface area contributed by atoms with Crippen LogP contribution in [0.1, 0.15) is 44.1 Å². The third-order valence-corrected chi connectivity index (χ3v) is 4.20. The Labute approximate surface area is 153 Å². The van der Waals surface area contributed by atoms with Crippen molar-refractivity contribution in [2.45, 2.75) is 51.4 Å². The second-order valence-electron chi connectivity index (χ2n) is 6.46. The number of alkyl halides is 3. The monoisotopic (exact) mass is 381 g/mol. The predicted octanol–water partition coefficient (Wildman–Crippen LogP) is 3.62. The first-order chi connectivity index (χ1) is 12.8. The van der Waals surface area contributed by atoms with Gasteiger partial charge >= 0.3 is 12.1 Å². The molecule has 1 aromatic carbocycles. The Morgan fingerprint density at radius 1 is 1.22 bits per heavy atom. The average Bonchev–Trinajstić information content (AvgIpc) is 3.33. The highest BCUT2D eigenvalue weighted by atomic mass is 19.4. The molecule has 1 heterocycles. The van der Waals surface area contributed by atoms with Gasteiger partial charge in [0.25, 0.3) is 5.91 Å². The number of carbonyl (C=O) groups is 2. The molecule has 0 unspecified atom stereocenters. The van der Waals surface area contributed by atoms with E-state index in [2.05, 4.69) is 14.7 Å². The smallest absolute Gasteiger partial charge is 0.329 e. The molecule has 3 rings (SSSR count). The number of ketones is 1. The maximum absolute atomic E-state index is 12.5. The molecule has 144 valence electrons. The van der Waals surface area contributed by atoms with Crippen LogP contribution in [0.5, 0.6) is 0 Å². The second-order valence-corrected chi connectivity index (χ2v) is 6.46. The lowest BCUT2D eigenvalue weighted by atomic mass is 10.1. The molecule has 1 aliphatic carbocycles. The number of halogens is 3. The molecule has 0 spiro atoms. The molecule has 0 aliphatic heterocycles. The van der Waals surface area contributed by atoms with E-state index < -0.39 is 23.8 Å². The molecule has 2 aromatic rings. The van der Waals surface area contributed by atoms with Crippen LogP contribution in [0, 0.1) is 0 Å². The molecule has 27 heavy (non-hydrogen) atoms. The summed E-state index contributed by atoms with van der Waals surface area (Å²) >= 11 is 0. The highest BCUT2D eigenvalue weighted by Gasteiger charge is 2.38. The Bertz CT molecular complexity index is 826. The Kier molecular flexibility index (Phi) is 5.29. The maximum atomic E-state index is 12.5. The molecule has 0 N–H and O–H groups in total. The Morgan fingerprint density at radius 3 is 2.41 bits per heavy atom. The number of nitrogens with zero attached hydrogens (tertiary/aromatic N) is 3. The van der Waals surface area contributed by atoms with Gasteiger partial charge in [-0.3, -0.25) is 9.59 Å². The first-order valence-electron chi connectivity index (χ1n) is 8.63. The third-order valence-electron chi connectivity index (χ3n) is 4.20. The second kappa shape index (κ2) is 7.50. The average molecular weight is 381 g/mol. The summed E-state index contributed by atoms with van der Waals surface area (Å²) in [6.07, 6.45) is -2.12. The van der Waals surface area contributed by atoms with Crippen LogP contribution in [0.2, 0.25) is 0 Å². The van der Waals surface area contributed by atoms with Crippen molar-refractivity contribution < 1.29 is 27.3 Å². The fourth-order valence-electron chi connectivity index (χ4n) is 2.66. The SMILES string of the molecule is CCCC(=O)C(=O)N(Cc1ccc(-c2noc(C(F)(F)F)n2)cc1)C1CC1. The predicted molar refractivity (Wildman–Crippen MR) is 88.2 cm³/mol. The summed E-state index contributed by atoms with van der Waals surface area (Å²) in [7, 11) is 0. The Morgan fingerprint density at radius 2 is 1.89 bits per heavy atom. The molecule has 0 radical (unpaired) electrons. The number of hydrogen-bond donors (Lipinski definition) is 0. The minimum Gasteiger partial charge on any atom is -0.329 e. The van der Waals surface area contributed by atoms with Gasteiger partial charge in [0.05, 0.1) is 0 Å². The van der Waals surface area contributed by atoms with Crippen molar-refractivity contribution in [3.05, 3.63) is 35.7 Å². The summed E-state index contributed by atoms with van der Waals surface area (Å²) < 4.78 is 41.8. The van der Waals surface area contributed by atoms with Crippen LogP contribution >= 0.6 is 0 Å². The zero-order chi connectivity index (χ0) is 19.6. The van der Waals surface area contributed by atoms with Gasteiger partial charge < -0.3 is 9.42 Å². The molecule has 1 amide bonds. The number of amides is 1. The molecule has 9 heteroatoms. The first kappa shape index (κ1) is 19.1. The molecule has 6 nitrogen and oxygen atoms in total. The van der Waals surface area contributed by atoms with Gasteiger partial charge in [-0.05, 0) is 24.8 Å². The van der Waals surface area contributed by atoms with Crippen molar-refractivity contribution in [1.82, 2.24) is 15.0 Å². The number of carbonyl (C=O) groups excluding carboxylic acids is 2. The van der Waals surface area contributed by atoms with E-state index in [4.69, 9.17) is 0 Å². The fourth-order valence-corrected chi connectivity index (χ4v) is 2.66. The van der Waals surface area contributed by atoms with E-state index in [9.17, 15) is 22.8 Å². The van der Waals surface area contributed by atoms with Gasteiger partial charge in [0.1, 0.15) is 0 Å². The molecule has 0 saturated heterocycles. The molecule has 1 fully saturated rings. The van der Waals surface area contributed by atoms with Crippen molar-refractivity contribution >= 4 is 11.7 Å². The summed E-state index contributed by atoms with van der Waals surface area (Å²) in [6, 6.07) is 6.54. The van der Waals surface area contributed by atoms with E-state index in [1.54, 1.807) is 29.2 Å². The topological polar surface area (TPSA) is 76.3 Å². The lowest BCUT2D eigenvalue weighted by Gasteiger charge is -2.21. The number of hydrogen-bond acceptors (Lipinski definition) is 5. The van der Waals surface area contributed by atoms with E-state index in [0.717, 1.165) is 18.4 Å². The summed E-state index contributed by atoms with van der Waals surface area (Å²) in [5.74, 6) is -2.44. The largest absolute Gasteiger partial charge is 0.471 e. The Balaban J connectivity index is 1.72. The molecular weight excluding hydrogens is 363 g/mol. The zero-order valence-corrected chi connectivity index (χ0v) is 14.6. The van der Waals surface area contributed by atoms with Gasteiger partial charge in [0.15, 0.2) is 0 Å². The van der Waals surface area contributed by atoms with Crippen molar-refractivity contribution in [2.75, 3.05) is 0 Å². The Hall–Kier alpha value is -2.71. The van der Waals surface area contributed by atoms with Crippen LogP contribution < -0.4 is 0 Å². The lowest BCUT2D eigenvalue weighted by Crippen LogP contribution is -2.37. The summed E-state index contributed by atoms with van der Waals surface area (Å²) in [4.78, 5) is 29.2. The van der Waals surface area contributed by atoms with Crippen LogP contribution in [0.25, 0.3) is 11.4 Å². The highest BCUT2D eigenvalue weighted by Crippen LogP contribution is 2.31. The molecule has 0 bridgehead atoms. The van der Waals surface area contributed by atoms with E-state index in [-0.39, 0.29) is 24.8 Å². The van der Waals surface area contributed by atoms with Crippen LogP contribution in [0.4, 0.5) is 13.2 Å². The summed E-state index contributed by atoms with van der Waals surface area (Å²) in [5.41, 5.74) is 1.13. The van der Waals surface area contributed by atoms with Gasteiger partial charge in [-0.25, -0.2) is 0 Å². The van der Waals surface area contributed by atoms with Gasteiger partial charge in [-0.2, -0.15) is 18.2 Å². The number of benzene rings is 1.